The fraction of sp³-hybridized carbons (Fsp3) is 0.518. The lowest BCUT2D eigenvalue weighted by Gasteiger charge is -2.41. The molecule has 0 radical (unpaired) electrons. The summed E-state index contributed by atoms with van der Waals surface area (Å²) in [4.78, 5) is 129. The molecule has 35 heteroatoms. The van der Waals surface area contributed by atoms with E-state index in [1.54, 1.807) is 13.8 Å². The molecule has 0 aromatic carbocycles. The van der Waals surface area contributed by atoms with Crippen LogP contribution in [0.3, 0.4) is 0 Å². The van der Waals surface area contributed by atoms with Gasteiger partial charge in [0.1, 0.15) is 109 Å². The van der Waals surface area contributed by atoms with Crippen LogP contribution in [-0.2, 0) is 24.0 Å². The first-order valence-electron chi connectivity index (χ1n) is 65.8. The molecule has 618 valence electrons. The van der Waals surface area contributed by atoms with Gasteiger partial charge in [-0.1, -0.05) is 34.5 Å². The van der Waals surface area contributed by atoms with Crippen LogP contribution >= 0.6 is 0 Å². The fourth-order valence-electron chi connectivity index (χ4n) is 10.9. The SMILES string of the molecule is [2H]c1nc(N(C([2H])([2H])[2H])[C@@]2([2H])C([2H])([2H])N(C(=O)C([2H])([2H])[N+]#[C-])C([2H])([2H])C([2H])([2H])[C@@]2([2H])C([2H])([2H])[2H])c2cc[nH]c2n1.[2H]c1nc(N(C([2H])([2H])[2H])[C@@]2([2H])C([2H])([2H])N(C(=O)C([2H])([2H])[N+]#[C-])C([2H])([2H])C([2H])([2H])[C@@]2([2H])C)c2cc[nH]c2n1.[2H]c1nc(N(C)[C@@H]2[C@H](C([2H])([2H])[2H])C([2H])([2H])C([2H])([2H])N(C(=O)C([2H])([2H])[N+]#[C-])C2([2H])[2H])c2c([2H])c(C)[nH]c2n1.[2H]c1nc(N(C)[C@@H]2[C@H](C)C([2H])([2H])C([2H])([2H])N(C(=O)C([2H])([2H])[N+]#[C-])C2([2H])[2H])c2c([2H])c(C)[nH]c2n1.[2H]c1nc(N(C)[C@H]2C([2H])([2H])N(C(=O)C([2H])([2H])[N+]#[C-])C([2H])([2H])C([2H])([2H])[C@@]2([2H])C)c2c([2H])c(C)[nH]c2n1. The van der Waals surface area contributed by atoms with Crippen LogP contribution in [0.25, 0.3) is 79.4 Å². The molecule has 10 aromatic heterocycles. The summed E-state index contributed by atoms with van der Waals surface area (Å²) in [6, 6.07) is -12.3. The first kappa shape index (κ1) is 35.0. The Morgan fingerprint density at radius 3 is 1.09 bits per heavy atom. The van der Waals surface area contributed by atoms with E-state index in [0.717, 1.165) is 40.9 Å². The van der Waals surface area contributed by atoms with Gasteiger partial charge < -0.3 is 98.1 Å². The highest BCUT2D eigenvalue weighted by molar-refractivity contribution is 5.92. The summed E-state index contributed by atoms with van der Waals surface area (Å²) >= 11 is 0. The lowest BCUT2D eigenvalue weighted by Crippen LogP contribution is -2.53. The van der Waals surface area contributed by atoms with E-state index < -0.39 is 309 Å². The monoisotopic (exact) mass is 1670 g/mol. The molecule has 0 saturated carbocycles. The van der Waals surface area contributed by atoms with Gasteiger partial charge in [-0.15, -0.1) is 0 Å². The Bertz CT molecular complexity index is 8730. The number of rotatable bonds is 15. The van der Waals surface area contributed by atoms with Gasteiger partial charge in [0.25, 0.3) is 32.5 Å². The van der Waals surface area contributed by atoms with E-state index in [4.69, 9.17) is 121 Å². The summed E-state index contributed by atoms with van der Waals surface area (Å²) < 4.78 is 537. The zero-order chi connectivity index (χ0) is 142. The van der Waals surface area contributed by atoms with Gasteiger partial charge in [0.05, 0.1) is 77.7 Å². The minimum Gasteiger partial charge on any atom is -0.354 e. The summed E-state index contributed by atoms with van der Waals surface area (Å²) in [6.45, 7) is -27.6. The van der Waals surface area contributed by atoms with Crippen LogP contribution in [0.5, 0.6) is 0 Å². The minimum absolute atomic E-state index is 0.0242. The van der Waals surface area contributed by atoms with E-state index in [1.165, 1.54) is 40.2 Å². The first-order valence-corrected chi connectivity index (χ1v) is 33.3. The maximum atomic E-state index is 13.1. The second-order valence-electron chi connectivity index (χ2n) is 24.1. The molecular weight excluding hydrogens is 1500 g/mol. The van der Waals surface area contributed by atoms with Crippen LogP contribution in [0.1, 0.15) is 173 Å². The average molecular weight is 1670 g/mol. The summed E-state index contributed by atoms with van der Waals surface area (Å²) in [7, 11) is 3.56. The molecule has 0 unspecified atom stereocenters. The fourth-order valence-corrected chi connectivity index (χ4v) is 10.9. The molecule has 15 heterocycles. The van der Waals surface area contributed by atoms with E-state index in [0.29, 0.717) is 18.3 Å². The topological polar surface area (TPSA) is 347 Å². The Balaban J connectivity index is 0.000000212. The number of nitrogens with one attached hydrogen (secondary N) is 5. The number of likely N-dealkylation sites (tertiary alicyclic amines) is 5. The predicted octanol–water partition coefficient (Wildman–Crippen LogP) is 8.68. The standard InChI is InChI=1S/3C17H22N6O.2C16H20N6O/c3*1-11-5-6-23(15(24)8-18-3)9-14(11)22(4)17-13-7-12(2)21-16(13)19-10-20-17;2*1-11-5-7-22(14(23)8-17-2)9-13(11)21(3)16-12-4-6-18-15(12)19-10-20-16/h3*7,10-11,14H,5-6,8-9H2,1-2,4H3,(H,19,20,21);2*4,6,10-11,13H,5,7-9H2,1,3H3,(H,18,19,20)/t3*11-,14+;2*11-,13+/m11111/s1/i5D2,6D2,7D,8D2,9D2,10D,11D;1D3,5D2,6D2,7D,8D2,9D2,10D;5D2,6D2,7D,8D2,9D2,10D;1D3,3D3,5D2,7D2,8D2,9D2,10D,11D,13D;3D3,5D2,7D2,8D2,9D2,10D,11D,13D. The number of hydrogen-bond donors (Lipinski definition) is 5. The van der Waals surface area contributed by atoms with Crippen LogP contribution in [-0.4, -0.2) is 292 Å². The quantitative estimate of drug-likeness (QED) is 0.0599. The summed E-state index contributed by atoms with van der Waals surface area (Å²) in [5, 5.41) is -0.488. The Kier molecular flexibility index (Phi) is 11.6. The second kappa shape index (κ2) is 39.0. The van der Waals surface area contributed by atoms with Gasteiger partial charge in [0.2, 0.25) is 0 Å². The maximum Gasteiger partial charge on any atom is 0.302 e. The normalized spacial score (nSPS) is 39.6. The van der Waals surface area contributed by atoms with E-state index in [1.807, 2.05) is 0 Å². The Labute approximate surface area is 778 Å². The Hall–Kier alpha value is -13.1. The number of hydrogen-bond acceptors (Lipinski definition) is 20. The van der Waals surface area contributed by atoms with Gasteiger partial charge in [-0.05, 0) is 112 Å². The number of aromatic amines is 5. The van der Waals surface area contributed by atoms with E-state index in [-0.39, 0.29) is 111 Å². The molecule has 0 spiro atoms. The Morgan fingerprint density at radius 2 is 0.729 bits per heavy atom. The zero-order valence-corrected chi connectivity index (χ0v) is 62.4. The highest BCUT2D eigenvalue weighted by Gasteiger charge is 2.39. The van der Waals surface area contributed by atoms with Crippen molar-refractivity contribution >= 4 is 114 Å². The molecule has 118 heavy (non-hydrogen) atoms. The number of nitrogens with zero attached hydrogens (tertiary/aromatic N) is 25. The molecule has 5 aliphatic heterocycles. The van der Waals surface area contributed by atoms with E-state index in [2.05, 4.69) is 99.0 Å². The molecule has 5 fully saturated rings. The number of fused-ring (bicyclic) bond motifs is 5. The summed E-state index contributed by atoms with van der Waals surface area (Å²) in [5.74, 6) is -27.5. The smallest absolute Gasteiger partial charge is 0.302 e. The lowest BCUT2D eigenvalue weighted by atomic mass is 9.92. The number of aromatic nitrogens is 15. The van der Waals surface area contributed by atoms with Crippen LogP contribution in [0, 0.1) is 83.1 Å². The van der Waals surface area contributed by atoms with Crippen molar-refractivity contribution in [3.05, 3.63) is 148 Å². The molecule has 0 aliphatic carbocycles. The number of likely N-dealkylation sites (N-methyl/N-ethyl adjacent to an activating group) is 5. The maximum absolute atomic E-state index is 13.1. The zero-order valence-electron chi connectivity index (χ0n) is 127. The molecule has 15 rings (SSSR count). The average Bonchev–Trinajstić information content (AvgIpc) is 1.10. The Morgan fingerprint density at radius 1 is 0.424 bits per heavy atom. The third kappa shape index (κ3) is 19.7. The molecule has 10 aromatic rings. The number of anilines is 5. The lowest BCUT2D eigenvalue weighted by molar-refractivity contribution is -0.131. The van der Waals surface area contributed by atoms with Crippen molar-refractivity contribution in [3.63, 3.8) is 0 Å². The van der Waals surface area contributed by atoms with Crippen molar-refractivity contribution in [1.29, 1.82) is 0 Å². The van der Waals surface area contributed by atoms with Crippen molar-refractivity contribution in [2.75, 3.05) is 157 Å². The number of carbonyl (C=O) groups excluding carboxylic acids is 5. The molecule has 10 atom stereocenters. The molecule has 5 amide bonds. The number of carbonyl (C=O) groups is 5. The van der Waals surface area contributed by atoms with Crippen LogP contribution in [0.15, 0.2) is 74.2 Å². The van der Waals surface area contributed by atoms with Gasteiger partial charge in [-0.3, -0.25) is 24.0 Å². The number of piperidine rings is 5. The molecule has 5 saturated heterocycles. The van der Waals surface area contributed by atoms with Crippen LogP contribution < -0.4 is 24.5 Å². The predicted molar refractivity (Wildman–Crippen MR) is 454 cm³/mol. The number of amides is 5. The first-order chi connectivity index (χ1) is 81.7. The summed E-state index contributed by atoms with van der Waals surface area (Å²) in [5.41, 5.74) is 0.730. The number of H-pyrrole nitrogens is 5. The van der Waals surface area contributed by atoms with Gasteiger partial charge >= 0.3 is 29.5 Å². The molecule has 5 N–H and O–H groups in total. The van der Waals surface area contributed by atoms with Crippen LogP contribution in [0.2, 0.25) is 0 Å². The summed E-state index contributed by atoms with van der Waals surface area (Å²) in [6.07, 6.45) is -18.8. The molecule has 5 aliphatic rings. The highest BCUT2D eigenvalue weighted by Crippen LogP contribution is 2.36. The largest absolute Gasteiger partial charge is 0.354 e. The molecule has 35 nitrogen and oxygen atoms in total. The van der Waals surface area contributed by atoms with Crippen molar-refractivity contribution in [2.45, 2.75) is 117 Å². The van der Waals surface area contributed by atoms with Crippen molar-refractivity contribution < 1.29 is 113 Å². The van der Waals surface area contributed by atoms with Gasteiger partial charge in [-0.25, -0.2) is 82.7 Å². The van der Waals surface area contributed by atoms with E-state index in [9.17, 15) is 25.3 Å². The molecular formula is C83H106N30O5. The third-order valence-electron chi connectivity index (χ3n) is 16.4. The van der Waals surface area contributed by atoms with Crippen molar-refractivity contribution in [3.8, 4) is 0 Å². The highest BCUT2D eigenvalue weighted by atomic mass is 16.2. The van der Waals surface area contributed by atoms with Gasteiger partial charge in [0.15, 0.2) is 0 Å². The minimum atomic E-state index is -4.44. The van der Waals surface area contributed by atoms with Crippen molar-refractivity contribution in [1.82, 2.24) is 99.3 Å². The second-order valence-corrected chi connectivity index (χ2v) is 24.1. The van der Waals surface area contributed by atoms with Gasteiger partial charge in [0, 0.05) is 178 Å². The number of aryl methyl sites for hydroxylation is 3. The van der Waals surface area contributed by atoms with Gasteiger partial charge in [-0.2, -0.15) is 0 Å². The molecule has 0 bridgehead atoms. The van der Waals surface area contributed by atoms with E-state index >= 15 is 0 Å². The third-order valence-corrected chi connectivity index (χ3v) is 16.4. The van der Waals surface area contributed by atoms with Crippen LogP contribution in [0.4, 0.5) is 29.1 Å². The van der Waals surface area contributed by atoms with Crippen molar-refractivity contribution in [2.24, 2.45) is 29.5 Å².